The molecule has 1 amide bonds. The number of carbonyl (C=O) groups excluding carboxylic acids is 1. The van der Waals surface area contributed by atoms with E-state index >= 15 is 0 Å². The van der Waals surface area contributed by atoms with Crippen molar-refractivity contribution in [1.82, 2.24) is 4.98 Å². The molecule has 0 aliphatic heterocycles. The maximum absolute atomic E-state index is 12.6. The fraction of sp³-hybridized carbons (Fsp3) is 0.450. The normalized spacial score (nSPS) is 10.9. The van der Waals surface area contributed by atoms with E-state index in [2.05, 4.69) is 24.1 Å². The van der Waals surface area contributed by atoms with Gasteiger partial charge in [-0.3, -0.25) is 10.1 Å². The molecular formula is C20H26N2O5S. The highest BCUT2D eigenvalue weighted by molar-refractivity contribution is 7.17. The zero-order valence-electron chi connectivity index (χ0n) is 16.5. The second-order valence-corrected chi connectivity index (χ2v) is 7.67. The van der Waals surface area contributed by atoms with Crippen LogP contribution in [0.2, 0.25) is 0 Å². The highest BCUT2D eigenvalue weighted by atomic mass is 32.1. The first kappa shape index (κ1) is 21.7. The van der Waals surface area contributed by atoms with Crippen molar-refractivity contribution >= 4 is 28.3 Å². The molecule has 0 radical (unpaired) electrons. The quantitative estimate of drug-likeness (QED) is 0.594. The number of benzene rings is 1. The number of carboxylic acids is 1. The van der Waals surface area contributed by atoms with Crippen molar-refractivity contribution in [3.8, 4) is 11.5 Å². The van der Waals surface area contributed by atoms with Crippen molar-refractivity contribution in [1.29, 1.82) is 0 Å². The molecule has 2 rings (SSSR count). The molecule has 0 aliphatic carbocycles. The molecule has 0 bridgehead atoms. The van der Waals surface area contributed by atoms with Gasteiger partial charge in [-0.1, -0.05) is 38.0 Å². The molecule has 1 heterocycles. The Labute approximate surface area is 168 Å². The van der Waals surface area contributed by atoms with E-state index in [9.17, 15) is 9.59 Å². The number of nitrogens with one attached hydrogen (secondary N) is 1. The fourth-order valence-electron chi connectivity index (χ4n) is 2.46. The number of carboxylic acid groups (broad SMARTS) is 1. The smallest absolute Gasteiger partial charge is 0.347 e. The van der Waals surface area contributed by atoms with Gasteiger partial charge in [0.25, 0.3) is 5.91 Å². The van der Waals surface area contributed by atoms with Crippen LogP contribution in [0.3, 0.4) is 0 Å². The molecule has 1 aromatic carbocycles. The van der Waals surface area contributed by atoms with Crippen molar-refractivity contribution in [2.45, 2.75) is 46.6 Å². The van der Waals surface area contributed by atoms with Gasteiger partial charge in [0.2, 0.25) is 0 Å². The third-order valence-corrected chi connectivity index (χ3v) is 4.99. The van der Waals surface area contributed by atoms with Crippen molar-refractivity contribution < 1.29 is 24.2 Å². The van der Waals surface area contributed by atoms with Crippen LogP contribution in [0.25, 0.3) is 0 Å². The molecule has 0 unspecified atom stereocenters. The van der Waals surface area contributed by atoms with Crippen molar-refractivity contribution in [3.63, 3.8) is 0 Å². The van der Waals surface area contributed by atoms with Gasteiger partial charge in [-0.15, -0.1) is 0 Å². The highest BCUT2D eigenvalue weighted by Gasteiger charge is 2.15. The summed E-state index contributed by atoms with van der Waals surface area (Å²) >= 11 is 0.898. The molecule has 28 heavy (non-hydrogen) atoms. The maximum Gasteiger partial charge on any atom is 0.347 e. The second kappa shape index (κ2) is 10.1. The fourth-order valence-corrected chi connectivity index (χ4v) is 3.12. The Morgan fingerprint density at radius 2 is 1.86 bits per heavy atom. The number of nitrogens with zero attached hydrogens (tertiary/aromatic N) is 1. The summed E-state index contributed by atoms with van der Waals surface area (Å²) in [5.74, 6) is 0.0418. The average molecular weight is 407 g/mol. The minimum Gasteiger partial charge on any atom is -0.493 e. The topological polar surface area (TPSA) is 97.8 Å². The minimum absolute atomic E-state index is 0.0534. The lowest BCUT2D eigenvalue weighted by Gasteiger charge is -2.16. The van der Waals surface area contributed by atoms with Crippen LogP contribution in [0.1, 0.15) is 60.6 Å². The predicted molar refractivity (Wildman–Crippen MR) is 109 cm³/mol. The summed E-state index contributed by atoms with van der Waals surface area (Å²) in [6.45, 7) is 8.61. The summed E-state index contributed by atoms with van der Waals surface area (Å²) in [5.41, 5.74) is 0.352. The van der Waals surface area contributed by atoms with E-state index < -0.39 is 11.9 Å². The summed E-state index contributed by atoms with van der Waals surface area (Å²) in [5, 5.41) is 11.8. The lowest BCUT2D eigenvalue weighted by atomic mass is 10.1. The second-order valence-electron chi connectivity index (χ2n) is 6.64. The van der Waals surface area contributed by atoms with Gasteiger partial charge in [0.15, 0.2) is 5.13 Å². The molecule has 152 valence electrons. The van der Waals surface area contributed by atoms with E-state index in [1.54, 1.807) is 18.2 Å². The minimum atomic E-state index is -1.08. The number of anilines is 1. The lowest BCUT2D eigenvalue weighted by molar-refractivity contribution is 0.0701. The number of aromatic carboxylic acids is 1. The largest absolute Gasteiger partial charge is 0.493 e. The Morgan fingerprint density at radius 1 is 1.18 bits per heavy atom. The zero-order valence-corrected chi connectivity index (χ0v) is 17.3. The Morgan fingerprint density at radius 3 is 2.43 bits per heavy atom. The first-order valence-corrected chi connectivity index (χ1v) is 10.1. The van der Waals surface area contributed by atoms with Crippen molar-refractivity contribution in [2.75, 3.05) is 11.9 Å². The molecule has 0 fully saturated rings. The van der Waals surface area contributed by atoms with Crippen LogP contribution < -0.4 is 14.8 Å². The van der Waals surface area contributed by atoms with Gasteiger partial charge in [-0.2, -0.15) is 0 Å². The van der Waals surface area contributed by atoms with Crippen molar-refractivity contribution in [3.05, 3.63) is 34.8 Å². The standard InChI is InChI=1S/C20H26N2O5S/c1-5-13(6-2)11-26-15-7-14(8-16(9-15)27-12(3)4)18(23)22-20-21-10-17(28-20)19(24)25/h7-10,12-13H,5-6,11H2,1-4H3,(H,24,25)(H,21,22,23). The molecular weight excluding hydrogens is 380 g/mol. The summed E-state index contributed by atoms with van der Waals surface area (Å²) in [7, 11) is 0. The summed E-state index contributed by atoms with van der Waals surface area (Å²) in [6, 6.07) is 5.05. The van der Waals surface area contributed by atoms with E-state index in [4.69, 9.17) is 14.6 Å². The van der Waals surface area contributed by atoms with Crippen LogP contribution in [-0.2, 0) is 0 Å². The Bertz CT molecular complexity index is 815. The third kappa shape index (κ3) is 6.23. The van der Waals surface area contributed by atoms with E-state index in [1.165, 1.54) is 6.20 Å². The molecule has 2 aromatic rings. The number of ether oxygens (including phenoxy) is 2. The number of thiazole rings is 1. The number of amides is 1. The summed E-state index contributed by atoms with van der Waals surface area (Å²) in [6.07, 6.45) is 3.19. The number of hydrogen-bond donors (Lipinski definition) is 2. The maximum atomic E-state index is 12.6. The first-order chi connectivity index (χ1) is 13.3. The van der Waals surface area contributed by atoms with Gasteiger partial charge in [-0.05, 0) is 31.9 Å². The number of aromatic nitrogens is 1. The van der Waals surface area contributed by atoms with Crippen molar-refractivity contribution in [2.24, 2.45) is 5.92 Å². The molecule has 0 atom stereocenters. The van der Waals surface area contributed by atoms with Gasteiger partial charge in [0.05, 0.1) is 18.9 Å². The third-order valence-electron chi connectivity index (χ3n) is 4.09. The molecule has 0 aliphatic rings. The Balaban J connectivity index is 2.20. The van der Waals surface area contributed by atoms with E-state index in [1.807, 2.05) is 13.8 Å². The molecule has 2 N–H and O–H groups in total. The van der Waals surface area contributed by atoms with E-state index in [0.29, 0.717) is 29.6 Å². The molecule has 0 saturated carbocycles. The predicted octanol–water partition coefficient (Wildman–Crippen LogP) is 4.70. The molecule has 1 aromatic heterocycles. The SMILES string of the molecule is CCC(CC)COc1cc(OC(C)C)cc(C(=O)Nc2ncc(C(=O)O)s2)c1. The monoisotopic (exact) mass is 406 g/mol. The van der Waals surface area contributed by atoms with E-state index in [0.717, 1.165) is 24.2 Å². The van der Waals surface area contributed by atoms with Gasteiger partial charge < -0.3 is 14.6 Å². The van der Waals surface area contributed by atoms with Gasteiger partial charge in [0, 0.05) is 11.6 Å². The number of hydrogen-bond acceptors (Lipinski definition) is 6. The first-order valence-electron chi connectivity index (χ1n) is 9.27. The summed E-state index contributed by atoms with van der Waals surface area (Å²) in [4.78, 5) is 27.6. The van der Waals surface area contributed by atoms with Gasteiger partial charge >= 0.3 is 5.97 Å². The lowest BCUT2D eigenvalue weighted by Crippen LogP contribution is -2.14. The number of rotatable bonds is 10. The van der Waals surface area contributed by atoms with Crippen LogP contribution in [0, 0.1) is 5.92 Å². The molecule has 0 saturated heterocycles. The Kier molecular flexibility index (Phi) is 7.80. The van der Waals surface area contributed by atoms with Gasteiger partial charge in [-0.25, -0.2) is 9.78 Å². The molecule has 0 spiro atoms. The van der Waals surface area contributed by atoms with E-state index in [-0.39, 0.29) is 16.1 Å². The summed E-state index contributed by atoms with van der Waals surface area (Å²) < 4.78 is 11.6. The van der Waals surface area contributed by atoms with Crippen LogP contribution in [0.4, 0.5) is 5.13 Å². The van der Waals surface area contributed by atoms with Gasteiger partial charge in [0.1, 0.15) is 16.4 Å². The van der Waals surface area contributed by atoms with Crippen LogP contribution in [0.15, 0.2) is 24.4 Å². The van der Waals surface area contributed by atoms with Crippen LogP contribution >= 0.6 is 11.3 Å². The average Bonchev–Trinajstić information content (AvgIpc) is 3.10. The van der Waals surface area contributed by atoms with Crippen LogP contribution in [-0.4, -0.2) is 34.7 Å². The van der Waals surface area contributed by atoms with Crippen LogP contribution in [0.5, 0.6) is 11.5 Å². The highest BCUT2D eigenvalue weighted by Crippen LogP contribution is 2.26. The molecule has 8 heteroatoms. The zero-order chi connectivity index (χ0) is 20.7. The number of carbonyl (C=O) groups is 2. The molecule has 7 nitrogen and oxygen atoms in total. The Hall–Kier alpha value is -2.61.